The van der Waals surface area contributed by atoms with Crippen molar-refractivity contribution < 1.29 is 4.42 Å². The van der Waals surface area contributed by atoms with Crippen LogP contribution in [-0.4, -0.2) is 15.2 Å². The van der Waals surface area contributed by atoms with Crippen molar-refractivity contribution in [3.05, 3.63) is 228 Å². The van der Waals surface area contributed by atoms with E-state index in [9.17, 15) is 10.5 Å². The van der Waals surface area contributed by atoms with Crippen molar-refractivity contribution >= 4 is 76.9 Å². The number of fused-ring (bicyclic) bond motifs is 15. The number of rotatable bonds is 4. The Morgan fingerprint density at radius 3 is 1.61 bits per heavy atom. The molecule has 0 saturated carbocycles. The van der Waals surface area contributed by atoms with Gasteiger partial charge in [0.2, 0.25) is 0 Å². The van der Waals surface area contributed by atoms with Crippen LogP contribution in [0.1, 0.15) is 47.6 Å². The fraction of sp³-hybridized carbons (Fsp3) is 0.0769. The summed E-state index contributed by atoms with van der Waals surface area (Å²) in [6.07, 6.45) is 8.80. The number of benzene rings is 9. The zero-order valence-corrected chi connectivity index (χ0v) is 38.9. The van der Waals surface area contributed by atoms with Crippen LogP contribution in [0.3, 0.4) is 0 Å². The van der Waals surface area contributed by atoms with E-state index in [1.165, 1.54) is 27.8 Å². The van der Waals surface area contributed by atoms with E-state index in [0.29, 0.717) is 28.2 Å². The van der Waals surface area contributed by atoms with Gasteiger partial charge in [0.25, 0.3) is 0 Å². The third kappa shape index (κ3) is 5.18. The molecule has 0 radical (unpaired) electrons. The minimum Gasteiger partial charge on any atom is -0.456 e. The van der Waals surface area contributed by atoms with Crippen LogP contribution in [-0.2, 0) is 5.41 Å². The highest BCUT2D eigenvalue weighted by molar-refractivity contribution is 6.15. The molecule has 0 amide bonds. The van der Waals surface area contributed by atoms with Gasteiger partial charge < -0.3 is 18.5 Å². The van der Waals surface area contributed by atoms with Crippen molar-refractivity contribution in [2.24, 2.45) is 0 Å². The predicted octanol–water partition coefficient (Wildman–Crippen LogP) is 16.2. The molecule has 0 bridgehead atoms. The Kier molecular flexibility index (Phi) is 8.00. The van der Waals surface area contributed by atoms with Gasteiger partial charge in [-0.3, -0.25) is 0 Å². The Balaban J connectivity index is 1.18. The minimum absolute atomic E-state index is 0.0425. The molecule has 6 heteroatoms. The third-order valence-corrected chi connectivity index (χ3v) is 15.9. The molecule has 2 unspecified atom stereocenters. The van der Waals surface area contributed by atoms with E-state index in [1.54, 1.807) is 0 Å². The summed E-state index contributed by atoms with van der Waals surface area (Å²) in [6.45, 7) is 4.63. The highest BCUT2D eigenvalue weighted by Gasteiger charge is 2.45. The second-order valence-corrected chi connectivity index (χ2v) is 19.7. The highest BCUT2D eigenvalue weighted by Crippen LogP contribution is 2.58. The third-order valence-electron chi connectivity index (χ3n) is 15.9. The normalized spacial score (nSPS) is 16.3. The lowest BCUT2D eigenvalue weighted by atomic mass is 9.81. The fourth-order valence-corrected chi connectivity index (χ4v) is 12.9. The lowest BCUT2D eigenvalue weighted by Gasteiger charge is -2.34. The number of hydrogen-bond acceptors (Lipinski definition) is 4. The molecule has 4 heterocycles. The maximum Gasteiger partial charge on any atom is 0.135 e. The van der Waals surface area contributed by atoms with Crippen LogP contribution in [0.15, 0.2) is 205 Å². The van der Waals surface area contributed by atoms with Crippen molar-refractivity contribution in [2.45, 2.75) is 31.2 Å². The molecule has 3 aliphatic rings. The van der Waals surface area contributed by atoms with Gasteiger partial charge >= 0.3 is 0 Å². The van der Waals surface area contributed by atoms with Crippen LogP contribution in [0.25, 0.3) is 99.2 Å². The smallest absolute Gasteiger partial charge is 0.135 e. The van der Waals surface area contributed by atoms with E-state index in [4.69, 9.17) is 4.42 Å². The van der Waals surface area contributed by atoms with Gasteiger partial charge in [-0.1, -0.05) is 159 Å². The van der Waals surface area contributed by atoms with Crippen molar-refractivity contribution in [3.63, 3.8) is 0 Å². The Hall–Kier alpha value is -9.36. The molecule has 0 N–H and O–H groups in total. The molecule has 0 spiro atoms. The molecule has 15 rings (SSSR count). The van der Waals surface area contributed by atoms with Crippen molar-refractivity contribution in [3.8, 4) is 45.8 Å². The van der Waals surface area contributed by atoms with Gasteiger partial charge in [0.15, 0.2) is 0 Å². The molecule has 2 atom stereocenters. The first-order chi connectivity index (χ1) is 34.9. The number of para-hydroxylation sites is 5. The maximum absolute atomic E-state index is 12.4. The van der Waals surface area contributed by atoms with Gasteiger partial charge in [0, 0.05) is 54.9 Å². The van der Waals surface area contributed by atoms with E-state index in [2.05, 4.69) is 216 Å². The highest BCUT2D eigenvalue weighted by atomic mass is 16.3. The van der Waals surface area contributed by atoms with Crippen molar-refractivity contribution in [2.75, 3.05) is 4.90 Å². The molecule has 12 aromatic rings. The standard InChI is InChI=1S/C65H41N5O/c1-65(2)51-24-10-3-17-39(51)46-34-47-44-22-8-15-29-57(44)70(58(47)35-52(46)65)62-49(36-66)63(68-53-25-11-4-18-40(53)41-19-5-12-26-54(41)68)61(38-31-32-60-48(33-38)45-23-9-16-30-59(45)71-60)64(50(62)37-67)69-55-27-13-6-20-42(55)43-21-7-14-28-56(43)69/h3-35,44,57H,1-2H3. The summed E-state index contributed by atoms with van der Waals surface area (Å²) < 4.78 is 11.1. The monoisotopic (exact) mass is 907 g/mol. The average Bonchev–Trinajstić information content (AvgIpc) is 4.19. The summed E-state index contributed by atoms with van der Waals surface area (Å²) in [4.78, 5) is 2.35. The number of hydrogen-bond donors (Lipinski definition) is 0. The molecule has 6 nitrogen and oxygen atoms in total. The van der Waals surface area contributed by atoms with Crippen LogP contribution in [0.5, 0.6) is 0 Å². The molecule has 9 aromatic carbocycles. The lowest BCUT2D eigenvalue weighted by Crippen LogP contribution is -2.31. The van der Waals surface area contributed by atoms with E-state index in [-0.39, 0.29) is 17.4 Å². The van der Waals surface area contributed by atoms with Gasteiger partial charge in [-0.2, -0.15) is 10.5 Å². The number of nitrogens with zero attached hydrogens (tertiary/aromatic N) is 5. The second kappa shape index (κ2) is 14.3. The van der Waals surface area contributed by atoms with Crippen molar-refractivity contribution in [1.29, 1.82) is 10.5 Å². The van der Waals surface area contributed by atoms with E-state index >= 15 is 0 Å². The van der Waals surface area contributed by atoms with Crippen LogP contribution < -0.4 is 4.90 Å². The van der Waals surface area contributed by atoms with Gasteiger partial charge in [-0.15, -0.1) is 0 Å². The van der Waals surface area contributed by atoms with Crippen LogP contribution in [0.4, 0.5) is 11.4 Å². The lowest BCUT2D eigenvalue weighted by molar-refractivity contribution is 0.660. The number of anilines is 2. The summed E-state index contributed by atoms with van der Waals surface area (Å²) in [7, 11) is 0. The number of aromatic nitrogens is 2. The zero-order chi connectivity index (χ0) is 47.3. The largest absolute Gasteiger partial charge is 0.456 e. The molecular weight excluding hydrogens is 867 g/mol. The molecule has 332 valence electrons. The predicted molar refractivity (Wildman–Crippen MR) is 288 cm³/mol. The van der Waals surface area contributed by atoms with Crippen LogP contribution in [0.2, 0.25) is 0 Å². The van der Waals surface area contributed by atoms with E-state index < -0.39 is 0 Å². The number of nitriles is 2. The van der Waals surface area contributed by atoms with Gasteiger partial charge in [-0.05, 0) is 88.0 Å². The summed E-state index contributed by atoms with van der Waals surface area (Å²) in [5.41, 5.74) is 16.8. The number of furan rings is 1. The average molecular weight is 908 g/mol. The number of allylic oxidation sites excluding steroid dienone is 2. The second-order valence-electron chi connectivity index (χ2n) is 19.7. The molecule has 3 aromatic heterocycles. The Morgan fingerprint density at radius 2 is 1.00 bits per heavy atom. The molecule has 0 fully saturated rings. The molecular formula is C65H41N5O. The van der Waals surface area contributed by atoms with Gasteiger partial charge in [0.1, 0.15) is 34.4 Å². The quantitative estimate of drug-likeness (QED) is 0.176. The summed E-state index contributed by atoms with van der Waals surface area (Å²) in [6, 6.07) is 67.5. The molecule has 0 saturated heterocycles. The van der Waals surface area contributed by atoms with Gasteiger partial charge in [-0.25, -0.2) is 0 Å². The Labute approximate surface area is 409 Å². The Morgan fingerprint density at radius 1 is 0.479 bits per heavy atom. The first-order valence-electron chi connectivity index (χ1n) is 24.3. The van der Waals surface area contributed by atoms with Crippen molar-refractivity contribution in [1.82, 2.24) is 9.13 Å². The van der Waals surface area contributed by atoms with Gasteiger partial charge in [0.05, 0.1) is 45.2 Å². The first kappa shape index (κ1) is 39.6. The minimum atomic E-state index is -0.287. The SMILES string of the molecule is CC1(C)c2ccccc2-c2cc3c(cc21)N(c1c(C#N)c(-n2c4ccccc4c4ccccc42)c(-c2ccc4oc5ccccc5c4c2)c(-n2c4ccccc4c4ccccc42)c1C#N)C1C=CC=CC31. The zero-order valence-electron chi connectivity index (χ0n) is 38.9. The first-order valence-corrected chi connectivity index (χ1v) is 24.3. The summed E-state index contributed by atoms with van der Waals surface area (Å²) in [5, 5.41) is 31.0. The summed E-state index contributed by atoms with van der Waals surface area (Å²) in [5.74, 6) is -0.0425. The molecule has 1 aliphatic heterocycles. The topological polar surface area (TPSA) is 73.8 Å². The summed E-state index contributed by atoms with van der Waals surface area (Å²) >= 11 is 0. The molecule has 71 heavy (non-hydrogen) atoms. The van der Waals surface area contributed by atoms with Crippen LogP contribution >= 0.6 is 0 Å². The fourth-order valence-electron chi connectivity index (χ4n) is 12.9. The Bertz CT molecular complexity index is 4240. The maximum atomic E-state index is 12.4. The van der Waals surface area contributed by atoms with E-state index in [1.807, 2.05) is 24.3 Å². The van der Waals surface area contributed by atoms with Crippen LogP contribution in [0, 0.1) is 22.7 Å². The molecule has 2 aliphatic carbocycles. The van der Waals surface area contributed by atoms with E-state index in [0.717, 1.165) is 82.4 Å².